The van der Waals surface area contributed by atoms with Crippen LogP contribution in [0.2, 0.25) is 0 Å². The first-order valence-corrected chi connectivity index (χ1v) is 8.42. The molecule has 0 aliphatic heterocycles. The molecule has 0 fully saturated rings. The van der Waals surface area contributed by atoms with Crippen LogP contribution in [0, 0.1) is 5.82 Å². The van der Waals surface area contributed by atoms with Gasteiger partial charge in [-0.25, -0.2) is 4.39 Å². The summed E-state index contributed by atoms with van der Waals surface area (Å²) in [7, 11) is 3.97. The van der Waals surface area contributed by atoms with Gasteiger partial charge in [-0.2, -0.15) is 0 Å². The van der Waals surface area contributed by atoms with Crippen molar-refractivity contribution in [2.75, 3.05) is 27.2 Å². The smallest absolute Gasteiger partial charge is 0.223 e. The van der Waals surface area contributed by atoms with Crippen molar-refractivity contribution in [1.29, 1.82) is 0 Å². The zero-order valence-corrected chi connectivity index (χ0v) is 14.7. The van der Waals surface area contributed by atoms with Gasteiger partial charge in [0, 0.05) is 0 Å². The molecule has 2 rings (SSSR count). The summed E-state index contributed by atoms with van der Waals surface area (Å²) in [5.74, 6) is 0.389. The van der Waals surface area contributed by atoms with Gasteiger partial charge in [-0.05, 0) is 56.9 Å². The molecule has 0 aliphatic rings. The second-order valence-corrected chi connectivity index (χ2v) is 6.18. The van der Waals surface area contributed by atoms with E-state index >= 15 is 0 Å². The van der Waals surface area contributed by atoms with Gasteiger partial charge in [-0.3, -0.25) is 4.79 Å². The minimum atomic E-state index is -0.280. The largest absolute Gasteiger partial charge is 0.493 e. The number of halogens is 1. The molecule has 1 N–H and O–H groups in total. The number of nitrogens with one attached hydrogen (secondary N) is 1. The maximum Gasteiger partial charge on any atom is 0.223 e. The van der Waals surface area contributed by atoms with Gasteiger partial charge in [0.2, 0.25) is 5.91 Å². The van der Waals surface area contributed by atoms with Crippen molar-refractivity contribution in [3.8, 4) is 5.75 Å². The SMILES string of the molecule is CN(C)CCC(NC(=O)CCOc1ccccc1)c1ccc(F)cc1. The number of hydrogen-bond donors (Lipinski definition) is 1. The molecule has 0 saturated heterocycles. The highest BCUT2D eigenvalue weighted by molar-refractivity contribution is 5.76. The van der Waals surface area contributed by atoms with Crippen molar-refractivity contribution in [1.82, 2.24) is 10.2 Å². The molecule has 25 heavy (non-hydrogen) atoms. The second kappa shape index (κ2) is 9.79. The molecular weight excluding hydrogens is 319 g/mol. The first kappa shape index (κ1) is 18.9. The summed E-state index contributed by atoms with van der Waals surface area (Å²) < 4.78 is 18.7. The lowest BCUT2D eigenvalue weighted by Gasteiger charge is -2.21. The number of carbonyl (C=O) groups is 1. The van der Waals surface area contributed by atoms with E-state index in [9.17, 15) is 9.18 Å². The third kappa shape index (κ3) is 6.93. The van der Waals surface area contributed by atoms with Crippen molar-refractivity contribution in [2.24, 2.45) is 0 Å². The first-order chi connectivity index (χ1) is 12.0. The molecule has 0 spiro atoms. The molecule has 134 valence electrons. The molecule has 1 atom stereocenters. The monoisotopic (exact) mass is 344 g/mol. The summed E-state index contributed by atoms with van der Waals surface area (Å²) in [6, 6.07) is 15.5. The number of para-hydroxylation sites is 1. The molecule has 2 aromatic rings. The van der Waals surface area contributed by atoms with Crippen molar-refractivity contribution >= 4 is 5.91 Å². The van der Waals surface area contributed by atoms with Crippen LogP contribution < -0.4 is 10.1 Å². The molecule has 0 aliphatic carbocycles. The van der Waals surface area contributed by atoms with Gasteiger partial charge in [0.15, 0.2) is 0 Å². The fraction of sp³-hybridized carbons (Fsp3) is 0.350. The summed E-state index contributed by atoms with van der Waals surface area (Å²) in [6.45, 7) is 1.14. The van der Waals surface area contributed by atoms with Crippen LogP contribution >= 0.6 is 0 Å². The maximum atomic E-state index is 13.1. The Bertz CT molecular complexity index is 645. The zero-order chi connectivity index (χ0) is 18.1. The number of carbonyl (C=O) groups excluding carboxylic acids is 1. The molecule has 1 unspecified atom stereocenters. The van der Waals surface area contributed by atoms with E-state index in [0.29, 0.717) is 6.61 Å². The summed E-state index contributed by atoms with van der Waals surface area (Å²) in [4.78, 5) is 14.3. The topological polar surface area (TPSA) is 41.6 Å². The first-order valence-electron chi connectivity index (χ1n) is 8.42. The highest BCUT2D eigenvalue weighted by Crippen LogP contribution is 2.18. The lowest BCUT2D eigenvalue weighted by molar-refractivity contribution is -0.122. The van der Waals surface area contributed by atoms with E-state index in [0.717, 1.165) is 24.3 Å². The van der Waals surface area contributed by atoms with Crippen molar-refractivity contribution in [2.45, 2.75) is 18.9 Å². The Hall–Kier alpha value is -2.40. The lowest BCUT2D eigenvalue weighted by atomic mass is 10.0. The van der Waals surface area contributed by atoms with Gasteiger partial charge in [0.25, 0.3) is 0 Å². The van der Waals surface area contributed by atoms with E-state index in [1.165, 1.54) is 12.1 Å². The molecule has 0 radical (unpaired) electrons. The highest BCUT2D eigenvalue weighted by atomic mass is 19.1. The Morgan fingerprint density at radius 2 is 1.80 bits per heavy atom. The highest BCUT2D eigenvalue weighted by Gasteiger charge is 2.15. The van der Waals surface area contributed by atoms with Crippen LogP contribution in [0.15, 0.2) is 54.6 Å². The van der Waals surface area contributed by atoms with Gasteiger partial charge >= 0.3 is 0 Å². The Balaban J connectivity index is 1.88. The lowest BCUT2D eigenvalue weighted by Crippen LogP contribution is -2.31. The Morgan fingerprint density at radius 1 is 1.12 bits per heavy atom. The standard InChI is InChI=1S/C20H25FN2O2/c1-23(2)14-12-19(16-8-10-17(21)11-9-16)22-20(24)13-15-25-18-6-4-3-5-7-18/h3-11,19H,12-15H2,1-2H3,(H,22,24). The van der Waals surface area contributed by atoms with Gasteiger partial charge in [0.05, 0.1) is 19.1 Å². The minimum Gasteiger partial charge on any atom is -0.493 e. The van der Waals surface area contributed by atoms with Crippen LogP contribution in [-0.2, 0) is 4.79 Å². The van der Waals surface area contributed by atoms with Crippen LogP contribution in [0.4, 0.5) is 4.39 Å². The molecule has 0 aromatic heterocycles. The third-order valence-corrected chi connectivity index (χ3v) is 3.81. The Morgan fingerprint density at radius 3 is 2.44 bits per heavy atom. The predicted octanol–water partition coefficient (Wildman–Crippen LogP) is 3.40. The predicted molar refractivity (Wildman–Crippen MR) is 97.0 cm³/mol. The average molecular weight is 344 g/mol. The van der Waals surface area contributed by atoms with Crippen molar-refractivity contribution < 1.29 is 13.9 Å². The summed E-state index contributed by atoms with van der Waals surface area (Å²) >= 11 is 0. The molecular formula is C20H25FN2O2. The minimum absolute atomic E-state index is 0.0796. The molecule has 0 bridgehead atoms. The summed E-state index contributed by atoms with van der Waals surface area (Å²) in [6.07, 6.45) is 1.03. The normalized spacial score (nSPS) is 12.0. The maximum absolute atomic E-state index is 13.1. The molecule has 4 nitrogen and oxygen atoms in total. The molecule has 1 amide bonds. The fourth-order valence-corrected chi connectivity index (χ4v) is 2.45. The van der Waals surface area contributed by atoms with E-state index in [1.54, 1.807) is 12.1 Å². The van der Waals surface area contributed by atoms with Crippen LogP contribution in [0.3, 0.4) is 0 Å². The van der Waals surface area contributed by atoms with Gasteiger partial charge in [-0.1, -0.05) is 30.3 Å². The molecule has 0 heterocycles. The third-order valence-electron chi connectivity index (χ3n) is 3.81. The van der Waals surface area contributed by atoms with E-state index in [4.69, 9.17) is 4.74 Å². The van der Waals surface area contributed by atoms with Crippen LogP contribution in [0.5, 0.6) is 5.75 Å². The second-order valence-electron chi connectivity index (χ2n) is 6.18. The molecule has 5 heteroatoms. The van der Waals surface area contributed by atoms with Crippen molar-refractivity contribution in [3.05, 3.63) is 66.0 Å². The summed E-state index contributed by atoms with van der Waals surface area (Å²) in [5.41, 5.74) is 0.903. The number of ether oxygens (including phenoxy) is 1. The van der Waals surface area contributed by atoms with Gasteiger partial charge in [0.1, 0.15) is 11.6 Å². The van der Waals surface area contributed by atoms with Crippen LogP contribution in [0.25, 0.3) is 0 Å². The van der Waals surface area contributed by atoms with E-state index in [2.05, 4.69) is 10.2 Å². The molecule has 0 saturated carbocycles. The average Bonchev–Trinajstić information content (AvgIpc) is 2.60. The molecule has 2 aromatic carbocycles. The van der Waals surface area contributed by atoms with Gasteiger partial charge < -0.3 is 15.0 Å². The zero-order valence-electron chi connectivity index (χ0n) is 14.7. The Labute approximate surface area is 148 Å². The van der Waals surface area contributed by atoms with Crippen LogP contribution in [-0.4, -0.2) is 38.1 Å². The Kier molecular flexibility index (Phi) is 7.41. The van der Waals surface area contributed by atoms with Crippen molar-refractivity contribution in [3.63, 3.8) is 0 Å². The van der Waals surface area contributed by atoms with E-state index in [1.807, 2.05) is 44.4 Å². The van der Waals surface area contributed by atoms with Crippen LogP contribution in [0.1, 0.15) is 24.4 Å². The number of rotatable bonds is 9. The summed E-state index contributed by atoms with van der Waals surface area (Å²) in [5, 5.41) is 3.03. The number of benzene rings is 2. The number of nitrogens with zero attached hydrogens (tertiary/aromatic N) is 1. The van der Waals surface area contributed by atoms with E-state index < -0.39 is 0 Å². The van der Waals surface area contributed by atoms with Gasteiger partial charge in [-0.15, -0.1) is 0 Å². The number of amides is 1. The quantitative estimate of drug-likeness (QED) is 0.758. The fourth-order valence-electron chi connectivity index (χ4n) is 2.45. The van der Waals surface area contributed by atoms with E-state index in [-0.39, 0.29) is 24.2 Å². The number of hydrogen-bond acceptors (Lipinski definition) is 3.